The Morgan fingerprint density at radius 2 is 0.886 bits per heavy atom. The van der Waals surface area contributed by atoms with E-state index >= 15 is 0 Å². The van der Waals surface area contributed by atoms with Gasteiger partial charge in [0.2, 0.25) is 9.84 Å². The van der Waals surface area contributed by atoms with Gasteiger partial charge < -0.3 is 9.47 Å². The predicted molar refractivity (Wildman–Crippen MR) is 121 cm³/mol. The van der Waals surface area contributed by atoms with Gasteiger partial charge in [-0.05, 0) is 72.8 Å². The fraction of sp³-hybridized carbons (Fsp3) is 0. The molecule has 0 bridgehead atoms. The second-order valence-electron chi connectivity index (χ2n) is 7.18. The first kappa shape index (κ1) is 23.8. The SMILES string of the molecule is O=C(Oc1ccc(S(=O)(=O)c2ccc(OC(=O)c3ccccc3F)cc2)cc1)c1ccccc1F. The van der Waals surface area contributed by atoms with Crippen LogP contribution in [0, 0.1) is 11.6 Å². The Morgan fingerprint density at radius 3 is 1.23 bits per heavy atom. The first-order chi connectivity index (χ1) is 16.8. The average molecular weight is 494 g/mol. The van der Waals surface area contributed by atoms with Gasteiger partial charge in [-0.25, -0.2) is 26.8 Å². The van der Waals surface area contributed by atoms with Crippen LogP contribution in [0.15, 0.2) is 107 Å². The molecule has 0 heterocycles. The number of benzene rings is 4. The summed E-state index contributed by atoms with van der Waals surface area (Å²) in [5, 5.41) is 0. The molecule has 9 heteroatoms. The van der Waals surface area contributed by atoms with Crippen LogP contribution in [-0.4, -0.2) is 20.4 Å². The van der Waals surface area contributed by atoms with E-state index in [-0.39, 0.29) is 32.4 Å². The summed E-state index contributed by atoms with van der Waals surface area (Å²) in [5.41, 5.74) is -0.500. The summed E-state index contributed by atoms with van der Waals surface area (Å²) in [4.78, 5) is 24.1. The number of rotatable bonds is 6. The quantitative estimate of drug-likeness (QED) is 0.269. The zero-order valence-electron chi connectivity index (χ0n) is 17.9. The van der Waals surface area contributed by atoms with Crippen LogP contribution in [0.1, 0.15) is 20.7 Å². The standard InChI is InChI=1S/C26H16F2O6S/c27-23-7-3-1-5-21(23)25(29)33-17-9-13-19(14-10-17)35(31,32)20-15-11-18(12-16-20)34-26(30)22-6-2-4-8-24(22)28/h1-16H. The summed E-state index contributed by atoms with van der Waals surface area (Å²) >= 11 is 0. The highest BCUT2D eigenvalue weighted by Crippen LogP contribution is 2.26. The van der Waals surface area contributed by atoms with E-state index in [9.17, 15) is 26.8 Å². The normalized spacial score (nSPS) is 11.0. The minimum Gasteiger partial charge on any atom is -0.423 e. The molecule has 4 aromatic carbocycles. The van der Waals surface area contributed by atoms with E-state index < -0.39 is 33.4 Å². The number of esters is 2. The first-order valence-corrected chi connectivity index (χ1v) is 11.6. The minimum absolute atomic E-state index is 0.0348. The second-order valence-corrected chi connectivity index (χ2v) is 9.13. The Morgan fingerprint density at radius 1 is 0.543 bits per heavy atom. The van der Waals surface area contributed by atoms with Crippen LogP contribution in [0.5, 0.6) is 11.5 Å². The van der Waals surface area contributed by atoms with Crippen molar-refractivity contribution in [3.63, 3.8) is 0 Å². The number of sulfone groups is 1. The fourth-order valence-corrected chi connectivity index (χ4v) is 4.35. The molecule has 0 saturated heterocycles. The molecule has 4 rings (SSSR count). The molecule has 0 fully saturated rings. The molecule has 4 aromatic rings. The third-order valence-corrected chi connectivity index (χ3v) is 6.66. The van der Waals surface area contributed by atoms with Gasteiger partial charge in [0, 0.05) is 0 Å². The Bertz CT molecular complexity index is 1390. The molecule has 0 N–H and O–H groups in total. The lowest BCUT2D eigenvalue weighted by Gasteiger charge is -2.09. The molecule has 0 radical (unpaired) electrons. The summed E-state index contributed by atoms with van der Waals surface area (Å²) in [6.07, 6.45) is 0. The maximum atomic E-state index is 13.7. The molecule has 0 unspecified atom stereocenters. The van der Waals surface area contributed by atoms with Crippen molar-refractivity contribution >= 4 is 21.8 Å². The van der Waals surface area contributed by atoms with E-state index in [4.69, 9.17) is 9.47 Å². The molecular formula is C26H16F2O6S. The van der Waals surface area contributed by atoms with Gasteiger partial charge in [0.15, 0.2) is 0 Å². The molecule has 35 heavy (non-hydrogen) atoms. The topological polar surface area (TPSA) is 86.7 Å². The molecule has 0 atom stereocenters. The van der Waals surface area contributed by atoms with Gasteiger partial charge in [-0.15, -0.1) is 0 Å². The Balaban J connectivity index is 1.46. The van der Waals surface area contributed by atoms with Crippen LogP contribution in [0.2, 0.25) is 0 Å². The van der Waals surface area contributed by atoms with Gasteiger partial charge in [-0.3, -0.25) is 0 Å². The van der Waals surface area contributed by atoms with Crippen molar-refractivity contribution in [3.05, 3.63) is 120 Å². The number of halogens is 2. The van der Waals surface area contributed by atoms with E-state index in [0.717, 1.165) is 12.1 Å². The predicted octanol–water partition coefficient (Wildman–Crippen LogP) is 5.24. The van der Waals surface area contributed by atoms with Crippen molar-refractivity contribution < 1.29 is 36.3 Å². The molecule has 6 nitrogen and oxygen atoms in total. The van der Waals surface area contributed by atoms with Crippen molar-refractivity contribution in [2.75, 3.05) is 0 Å². The monoisotopic (exact) mass is 494 g/mol. The van der Waals surface area contributed by atoms with E-state index in [0.29, 0.717) is 0 Å². The van der Waals surface area contributed by atoms with Crippen molar-refractivity contribution in [1.29, 1.82) is 0 Å². The van der Waals surface area contributed by atoms with Crippen LogP contribution < -0.4 is 9.47 Å². The molecule has 0 amide bonds. The molecule has 0 spiro atoms. The van der Waals surface area contributed by atoms with E-state index in [1.54, 1.807) is 0 Å². The van der Waals surface area contributed by atoms with Gasteiger partial charge in [-0.1, -0.05) is 24.3 Å². The van der Waals surface area contributed by atoms with E-state index in [1.165, 1.54) is 84.9 Å². The minimum atomic E-state index is -3.95. The molecule has 176 valence electrons. The highest BCUT2D eigenvalue weighted by atomic mass is 32.2. The van der Waals surface area contributed by atoms with E-state index in [1.807, 2.05) is 0 Å². The third-order valence-electron chi connectivity index (χ3n) is 4.88. The smallest absolute Gasteiger partial charge is 0.346 e. The van der Waals surface area contributed by atoms with Gasteiger partial charge in [-0.2, -0.15) is 0 Å². The third kappa shape index (κ3) is 5.25. The highest BCUT2D eigenvalue weighted by molar-refractivity contribution is 7.91. The number of carbonyl (C=O) groups is 2. The lowest BCUT2D eigenvalue weighted by atomic mass is 10.2. The largest absolute Gasteiger partial charge is 0.423 e. The van der Waals surface area contributed by atoms with E-state index in [2.05, 4.69) is 0 Å². The van der Waals surface area contributed by atoms with Gasteiger partial charge in [0.1, 0.15) is 23.1 Å². The summed E-state index contributed by atoms with van der Waals surface area (Å²) in [6, 6.07) is 20.7. The van der Waals surface area contributed by atoms with Crippen molar-refractivity contribution in [1.82, 2.24) is 0 Å². The van der Waals surface area contributed by atoms with Gasteiger partial charge in [0.25, 0.3) is 0 Å². The molecule has 0 aliphatic heterocycles. The summed E-state index contributed by atoms with van der Waals surface area (Å²) < 4.78 is 63.5. The summed E-state index contributed by atoms with van der Waals surface area (Å²) in [6.45, 7) is 0. The number of carbonyl (C=O) groups excluding carboxylic acids is 2. The fourth-order valence-electron chi connectivity index (χ4n) is 3.09. The maximum Gasteiger partial charge on any atom is 0.346 e. The van der Waals surface area contributed by atoms with Crippen LogP contribution in [-0.2, 0) is 9.84 Å². The Labute approximate surface area is 199 Å². The van der Waals surface area contributed by atoms with Crippen molar-refractivity contribution in [2.24, 2.45) is 0 Å². The average Bonchev–Trinajstić information content (AvgIpc) is 2.85. The first-order valence-electron chi connectivity index (χ1n) is 10.1. The van der Waals surface area contributed by atoms with Crippen molar-refractivity contribution in [3.8, 4) is 11.5 Å². The van der Waals surface area contributed by atoms with Gasteiger partial charge in [0.05, 0.1) is 20.9 Å². The lowest BCUT2D eigenvalue weighted by molar-refractivity contribution is 0.0720. The molecule has 0 aliphatic rings. The van der Waals surface area contributed by atoms with Crippen molar-refractivity contribution in [2.45, 2.75) is 9.79 Å². The molecular weight excluding hydrogens is 478 g/mol. The Hall–Kier alpha value is -4.37. The number of hydrogen-bond donors (Lipinski definition) is 0. The zero-order valence-corrected chi connectivity index (χ0v) is 18.7. The highest BCUT2D eigenvalue weighted by Gasteiger charge is 2.20. The van der Waals surface area contributed by atoms with Crippen LogP contribution in [0.25, 0.3) is 0 Å². The van der Waals surface area contributed by atoms with Crippen LogP contribution >= 0.6 is 0 Å². The summed E-state index contributed by atoms with van der Waals surface area (Å²) in [7, 11) is -3.95. The zero-order chi connectivity index (χ0) is 25.0. The number of ether oxygens (including phenoxy) is 2. The second kappa shape index (κ2) is 9.86. The lowest BCUT2D eigenvalue weighted by Crippen LogP contribution is -2.11. The Kier molecular flexibility index (Phi) is 6.70. The summed E-state index contributed by atoms with van der Waals surface area (Å²) in [5.74, 6) is -3.24. The van der Waals surface area contributed by atoms with Crippen LogP contribution in [0.4, 0.5) is 8.78 Å². The molecule has 0 saturated carbocycles. The number of hydrogen-bond acceptors (Lipinski definition) is 6. The van der Waals surface area contributed by atoms with Gasteiger partial charge >= 0.3 is 11.9 Å². The molecule has 0 aromatic heterocycles. The maximum absolute atomic E-state index is 13.7. The van der Waals surface area contributed by atoms with Crippen LogP contribution in [0.3, 0.4) is 0 Å². The molecule has 0 aliphatic carbocycles.